The summed E-state index contributed by atoms with van der Waals surface area (Å²) in [5, 5.41) is 3.41. The standard InChI is InChI=1S/C13H23N3O2/c1-2-17-8-3-6-16-7-5-14-13(16)15-10-12-4-9-18-11-12/h5,7,12H,2-4,6,8-11H2,1H3,(H,14,15). The molecule has 5 nitrogen and oxygen atoms in total. The Hall–Kier alpha value is -1.07. The first-order valence-electron chi connectivity index (χ1n) is 6.80. The summed E-state index contributed by atoms with van der Waals surface area (Å²) in [4.78, 5) is 4.35. The Morgan fingerprint density at radius 3 is 3.33 bits per heavy atom. The summed E-state index contributed by atoms with van der Waals surface area (Å²) < 4.78 is 12.9. The van der Waals surface area contributed by atoms with E-state index < -0.39 is 0 Å². The van der Waals surface area contributed by atoms with Crippen LogP contribution in [-0.2, 0) is 16.0 Å². The van der Waals surface area contributed by atoms with Crippen LogP contribution in [0.15, 0.2) is 12.4 Å². The predicted octanol–water partition coefficient (Wildman–Crippen LogP) is 1.76. The van der Waals surface area contributed by atoms with Gasteiger partial charge in [-0.05, 0) is 19.8 Å². The number of nitrogens with one attached hydrogen (secondary N) is 1. The minimum Gasteiger partial charge on any atom is -0.382 e. The van der Waals surface area contributed by atoms with Gasteiger partial charge in [-0.2, -0.15) is 0 Å². The van der Waals surface area contributed by atoms with E-state index in [2.05, 4.69) is 14.9 Å². The van der Waals surface area contributed by atoms with Crippen molar-refractivity contribution in [1.29, 1.82) is 0 Å². The highest BCUT2D eigenvalue weighted by atomic mass is 16.5. The van der Waals surface area contributed by atoms with Crippen LogP contribution in [0.2, 0.25) is 0 Å². The Labute approximate surface area is 108 Å². The number of anilines is 1. The summed E-state index contributed by atoms with van der Waals surface area (Å²) in [5.41, 5.74) is 0. The minimum atomic E-state index is 0.624. The lowest BCUT2D eigenvalue weighted by Crippen LogP contribution is -2.17. The van der Waals surface area contributed by atoms with Gasteiger partial charge in [-0.1, -0.05) is 0 Å². The minimum absolute atomic E-state index is 0.624. The highest BCUT2D eigenvalue weighted by Crippen LogP contribution is 2.13. The van der Waals surface area contributed by atoms with E-state index in [4.69, 9.17) is 9.47 Å². The van der Waals surface area contributed by atoms with E-state index in [-0.39, 0.29) is 0 Å². The Morgan fingerprint density at radius 2 is 2.56 bits per heavy atom. The second-order valence-corrected chi connectivity index (χ2v) is 4.61. The maximum Gasteiger partial charge on any atom is 0.202 e. The zero-order valence-electron chi connectivity index (χ0n) is 11.1. The van der Waals surface area contributed by atoms with Gasteiger partial charge in [0, 0.05) is 51.2 Å². The first-order valence-corrected chi connectivity index (χ1v) is 6.80. The Kier molecular flexibility index (Phi) is 5.48. The van der Waals surface area contributed by atoms with Crippen molar-refractivity contribution in [1.82, 2.24) is 9.55 Å². The lowest BCUT2D eigenvalue weighted by atomic mass is 10.1. The Morgan fingerprint density at radius 1 is 1.61 bits per heavy atom. The molecule has 0 aromatic carbocycles. The third-order valence-electron chi connectivity index (χ3n) is 3.18. The van der Waals surface area contributed by atoms with Crippen LogP contribution in [0, 0.1) is 5.92 Å². The molecule has 1 aromatic heterocycles. The predicted molar refractivity (Wildman–Crippen MR) is 70.8 cm³/mol. The molecule has 0 saturated carbocycles. The Balaban J connectivity index is 1.72. The first kappa shape index (κ1) is 13.4. The maximum absolute atomic E-state index is 5.37. The number of nitrogens with zero attached hydrogens (tertiary/aromatic N) is 2. The van der Waals surface area contributed by atoms with Crippen molar-refractivity contribution in [3.8, 4) is 0 Å². The molecular formula is C13H23N3O2. The van der Waals surface area contributed by atoms with Crippen LogP contribution in [0.4, 0.5) is 5.95 Å². The van der Waals surface area contributed by atoms with Crippen molar-refractivity contribution >= 4 is 5.95 Å². The fraction of sp³-hybridized carbons (Fsp3) is 0.769. The molecule has 0 bridgehead atoms. The highest BCUT2D eigenvalue weighted by Gasteiger charge is 2.15. The van der Waals surface area contributed by atoms with Crippen LogP contribution in [0.3, 0.4) is 0 Å². The molecule has 1 N–H and O–H groups in total. The second-order valence-electron chi connectivity index (χ2n) is 4.61. The van der Waals surface area contributed by atoms with Gasteiger partial charge in [0.15, 0.2) is 0 Å². The van der Waals surface area contributed by atoms with Gasteiger partial charge >= 0.3 is 0 Å². The van der Waals surface area contributed by atoms with E-state index in [1.807, 2.05) is 19.3 Å². The lowest BCUT2D eigenvalue weighted by molar-refractivity contribution is 0.142. The smallest absolute Gasteiger partial charge is 0.202 e. The molecule has 2 rings (SSSR count). The summed E-state index contributed by atoms with van der Waals surface area (Å²) >= 11 is 0. The van der Waals surface area contributed by atoms with Crippen LogP contribution in [0.1, 0.15) is 19.8 Å². The maximum atomic E-state index is 5.37. The number of imidazole rings is 1. The zero-order valence-corrected chi connectivity index (χ0v) is 11.1. The van der Waals surface area contributed by atoms with E-state index in [9.17, 15) is 0 Å². The van der Waals surface area contributed by atoms with Gasteiger partial charge in [0.1, 0.15) is 0 Å². The summed E-state index contributed by atoms with van der Waals surface area (Å²) in [6.07, 6.45) is 6.02. The molecule has 1 aliphatic rings. The normalized spacial score (nSPS) is 19.3. The summed E-state index contributed by atoms with van der Waals surface area (Å²) in [6.45, 7) is 7.29. The van der Waals surface area contributed by atoms with Crippen LogP contribution in [0.5, 0.6) is 0 Å². The monoisotopic (exact) mass is 253 g/mol. The molecule has 1 saturated heterocycles. The SMILES string of the molecule is CCOCCCn1ccnc1NCC1CCOC1. The van der Waals surface area contributed by atoms with Gasteiger partial charge in [-0.25, -0.2) is 4.98 Å². The van der Waals surface area contributed by atoms with Gasteiger partial charge in [0.05, 0.1) is 6.61 Å². The van der Waals surface area contributed by atoms with Crippen molar-refractivity contribution in [2.24, 2.45) is 5.92 Å². The van der Waals surface area contributed by atoms with Crippen LogP contribution >= 0.6 is 0 Å². The van der Waals surface area contributed by atoms with Crippen molar-refractivity contribution in [3.63, 3.8) is 0 Å². The van der Waals surface area contributed by atoms with E-state index in [1.54, 1.807) is 0 Å². The van der Waals surface area contributed by atoms with Gasteiger partial charge in [0.25, 0.3) is 0 Å². The quantitative estimate of drug-likeness (QED) is 0.717. The lowest BCUT2D eigenvalue weighted by Gasteiger charge is -2.12. The highest BCUT2D eigenvalue weighted by molar-refractivity contribution is 5.25. The molecule has 2 heterocycles. The summed E-state index contributed by atoms with van der Waals surface area (Å²) in [7, 11) is 0. The van der Waals surface area contributed by atoms with E-state index in [0.717, 1.165) is 58.3 Å². The van der Waals surface area contributed by atoms with Crippen molar-refractivity contribution in [2.45, 2.75) is 26.3 Å². The fourth-order valence-corrected chi connectivity index (χ4v) is 2.12. The van der Waals surface area contributed by atoms with E-state index >= 15 is 0 Å². The largest absolute Gasteiger partial charge is 0.382 e. The summed E-state index contributed by atoms with van der Waals surface area (Å²) in [6, 6.07) is 0. The number of hydrogen-bond donors (Lipinski definition) is 1. The van der Waals surface area contributed by atoms with E-state index in [0.29, 0.717) is 5.92 Å². The Bertz CT molecular complexity index is 335. The molecule has 0 radical (unpaired) electrons. The van der Waals surface area contributed by atoms with Crippen LogP contribution < -0.4 is 5.32 Å². The molecule has 0 aliphatic carbocycles. The number of aryl methyl sites for hydroxylation is 1. The topological polar surface area (TPSA) is 48.3 Å². The molecule has 102 valence electrons. The average molecular weight is 253 g/mol. The summed E-state index contributed by atoms with van der Waals surface area (Å²) in [5.74, 6) is 1.58. The van der Waals surface area contributed by atoms with Crippen molar-refractivity contribution in [3.05, 3.63) is 12.4 Å². The number of ether oxygens (including phenoxy) is 2. The first-order chi connectivity index (χ1) is 8.90. The number of rotatable bonds is 8. The molecule has 1 atom stereocenters. The van der Waals surface area contributed by atoms with Crippen molar-refractivity contribution < 1.29 is 9.47 Å². The van der Waals surface area contributed by atoms with Gasteiger partial charge in [-0.3, -0.25) is 0 Å². The number of aromatic nitrogens is 2. The fourth-order valence-electron chi connectivity index (χ4n) is 2.12. The molecular weight excluding hydrogens is 230 g/mol. The molecule has 18 heavy (non-hydrogen) atoms. The second kappa shape index (κ2) is 7.38. The van der Waals surface area contributed by atoms with E-state index in [1.165, 1.54) is 0 Å². The molecule has 1 aliphatic heterocycles. The molecule has 0 spiro atoms. The third kappa shape index (κ3) is 3.99. The van der Waals surface area contributed by atoms with Crippen LogP contribution in [0.25, 0.3) is 0 Å². The van der Waals surface area contributed by atoms with Gasteiger partial charge in [0.2, 0.25) is 5.95 Å². The molecule has 5 heteroatoms. The molecule has 1 unspecified atom stereocenters. The number of hydrogen-bond acceptors (Lipinski definition) is 4. The third-order valence-corrected chi connectivity index (χ3v) is 3.18. The molecule has 0 amide bonds. The average Bonchev–Trinajstić information content (AvgIpc) is 3.03. The van der Waals surface area contributed by atoms with Gasteiger partial charge in [-0.15, -0.1) is 0 Å². The zero-order chi connectivity index (χ0) is 12.6. The van der Waals surface area contributed by atoms with Gasteiger partial charge < -0.3 is 19.4 Å². The molecule has 1 aromatic rings. The molecule has 1 fully saturated rings. The van der Waals surface area contributed by atoms with Crippen LogP contribution in [-0.4, -0.2) is 42.5 Å². The van der Waals surface area contributed by atoms with Crippen molar-refractivity contribution in [2.75, 3.05) is 38.3 Å².